The molecule has 292 valence electrons. The van der Waals surface area contributed by atoms with Gasteiger partial charge in [0, 0.05) is 18.9 Å². The molecule has 1 saturated carbocycles. The van der Waals surface area contributed by atoms with Gasteiger partial charge in [-0.15, -0.1) is 0 Å². The topological polar surface area (TPSA) is 160 Å². The van der Waals surface area contributed by atoms with Crippen LogP contribution in [0.4, 0.5) is 4.79 Å². The number of carbonyl (C=O) groups excluding carboxylic acids is 4. The van der Waals surface area contributed by atoms with E-state index < -0.39 is 69.1 Å². The van der Waals surface area contributed by atoms with E-state index in [2.05, 4.69) is 15.4 Å². The maximum Gasteiger partial charge on any atom is 0.408 e. The lowest BCUT2D eigenvalue weighted by molar-refractivity contribution is -0.141. The van der Waals surface area contributed by atoms with Crippen LogP contribution in [0.25, 0.3) is 11.1 Å². The number of fused-ring (bicyclic) bond motifs is 2. The number of rotatable bonds is 8. The van der Waals surface area contributed by atoms with Crippen LogP contribution in [0.3, 0.4) is 0 Å². The van der Waals surface area contributed by atoms with Gasteiger partial charge in [-0.25, -0.2) is 17.9 Å². The summed E-state index contributed by atoms with van der Waals surface area (Å²) in [6.07, 6.45) is 6.03. The maximum absolute atomic E-state index is 14.4. The van der Waals surface area contributed by atoms with Crippen molar-refractivity contribution in [1.82, 2.24) is 20.3 Å². The lowest BCUT2D eigenvalue weighted by Crippen LogP contribution is -2.58. The van der Waals surface area contributed by atoms with Gasteiger partial charge in [0.15, 0.2) is 0 Å². The standard InChI is InChI=1S/C42H50N4O8S/c1-41(2,3)54-40(50)43-35-20-14-6-4-5-11-17-32-26-42(32,39(49)45-55(51,52)34-18-12-8-13-19-34)44-37(47)36-25-33(27-46(36)38(35)48)53-28-29-21-23-31(24-22-29)30-15-9-7-10-16-30/h7-13,15-19,21-24,32-33,35-36H,4-6,14,20,25-28H2,1-3H3,(H,43,50)(H,44,47)(H,45,49)/b17-11-/t32-,33-,35+,36+,42-/m1/s1. The quantitative estimate of drug-likeness (QED) is 0.249. The lowest BCUT2D eigenvalue weighted by Gasteiger charge is -2.30. The highest BCUT2D eigenvalue weighted by molar-refractivity contribution is 7.90. The molecule has 5 atom stereocenters. The fourth-order valence-corrected chi connectivity index (χ4v) is 8.22. The predicted molar refractivity (Wildman–Crippen MR) is 207 cm³/mol. The number of carbonyl (C=O) groups is 4. The van der Waals surface area contributed by atoms with Crippen LogP contribution in [0.1, 0.15) is 71.3 Å². The largest absolute Gasteiger partial charge is 0.444 e. The first-order valence-corrected chi connectivity index (χ1v) is 20.4. The van der Waals surface area contributed by atoms with Gasteiger partial charge in [0.1, 0.15) is 23.2 Å². The average Bonchev–Trinajstić information content (AvgIpc) is 3.68. The number of allylic oxidation sites excluding steroid dienone is 1. The third kappa shape index (κ3) is 10.0. The average molecular weight is 771 g/mol. The minimum absolute atomic E-state index is 0.0659. The molecule has 13 heteroatoms. The maximum atomic E-state index is 14.4. The van der Waals surface area contributed by atoms with Gasteiger partial charge in [0.05, 0.1) is 17.6 Å². The molecule has 2 aliphatic heterocycles. The van der Waals surface area contributed by atoms with Gasteiger partial charge in [0.2, 0.25) is 11.8 Å². The number of amides is 4. The number of ether oxygens (including phenoxy) is 2. The Hall–Kier alpha value is -5.01. The first kappa shape index (κ1) is 39.7. The summed E-state index contributed by atoms with van der Waals surface area (Å²) in [5, 5.41) is 5.63. The molecule has 6 rings (SSSR count). The molecule has 0 radical (unpaired) electrons. The Kier molecular flexibility index (Phi) is 12.1. The van der Waals surface area contributed by atoms with Crippen molar-refractivity contribution >= 4 is 33.8 Å². The molecular weight excluding hydrogens is 721 g/mol. The number of nitrogens with zero attached hydrogens (tertiary/aromatic N) is 1. The van der Waals surface area contributed by atoms with Crippen molar-refractivity contribution in [2.24, 2.45) is 5.92 Å². The first-order chi connectivity index (χ1) is 26.2. The van der Waals surface area contributed by atoms with E-state index in [-0.39, 0.29) is 30.9 Å². The Morgan fingerprint density at radius 1 is 0.909 bits per heavy atom. The minimum atomic E-state index is -4.23. The summed E-state index contributed by atoms with van der Waals surface area (Å²) >= 11 is 0. The number of alkyl carbamates (subject to hydrolysis) is 1. The Bertz CT molecular complexity index is 1980. The van der Waals surface area contributed by atoms with E-state index in [0.717, 1.165) is 29.5 Å². The number of sulfonamides is 1. The highest BCUT2D eigenvalue weighted by Crippen LogP contribution is 2.46. The summed E-state index contributed by atoms with van der Waals surface area (Å²) in [4.78, 5) is 56.9. The van der Waals surface area contributed by atoms with Gasteiger partial charge in [-0.05, 0) is 75.3 Å². The van der Waals surface area contributed by atoms with Crippen molar-refractivity contribution < 1.29 is 37.1 Å². The number of hydrogen-bond acceptors (Lipinski definition) is 8. The number of hydrogen-bond donors (Lipinski definition) is 3. The SMILES string of the molecule is CC(C)(C)OC(=O)N[C@H]1CCCCC/C=C\[C@@H]2C[C@@]2(C(=O)NS(=O)(=O)c2ccccc2)NC(=O)[C@@H]2C[C@@H](OCc3ccc(-c4ccccc4)cc3)CN2C1=O. The third-order valence-corrected chi connectivity index (χ3v) is 11.5. The normalized spacial score (nSPS) is 25.3. The molecule has 3 aliphatic rings. The minimum Gasteiger partial charge on any atom is -0.444 e. The Balaban J connectivity index is 1.24. The molecule has 0 aromatic heterocycles. The van der Waals surface area contributed by atoms with E-state index in [9.17, 15) is 27.6 Å². The van der Waals surface area contributed by atoms with E-state index in [1.807, 2.05) is 66.7 Å². The van der Waals surface area contributed by atoms with Crippen LogP contribution in [0.15, 0.2) is 102 Å². The fraction of sp³-hybridized carbons (Fsp3) is 0.429. The first-order valence-electron chi connectivity index (χ1n) is 18.9. The molecule has 1 saturated heterocycles. The molecule has 4 amide bonds. The van der Waals surface area contributed by atoms with Crippen molar-refractivity contribution in [2.45, 2.75) is 107 Å². The monoisotopic (exact) mass is 770 g/mol. The van der Waals surface area contributed by atoms with Crippen molar-refractivity contribution in [3.05, 3.63) is 103 Å². The van der Waals surface area contributed by atoms with E-state index in [0.29, 0.717) is 19.3 Å². The van der Waals surface area contributed by atoms with Gasteiger partial charge in [0.25, 0.3) is 15.9 Å². The molecule has 3 N–H and O–H groups in total. The van der Waals surface area contributed by atoms with E-state index in [1.165, 1.54) is 17.0 Å². The highest BCUT2D eigenvalue weighted by Gasteiger charge is 2.61. The van der Waals surface area contributed by atoms with Gasteiger partial charge in [-0.2, -0.15) is 0 Å². The zero-order chi connectivity index (χ0) is 39.2. The van der Waals surface area contributed by atoms with Crippen LogP contribution in [0.5, 0.6) is 0 Å². The molecule has 0 bridgehead atoms. The Morgan fingerprint density at radius 3 is 2.27 bits per heavy atom. The summed E-state index contributed by atoms with van der Waals surface area (Å²) in [5.41, 5.74) is 0.721. The molecular formula is C42H50N4O8S. The van der Waals surface area contributed by atoms with Crippen LogP contribution in [0.2, 0.25) is 0 Å². The van der Waals surface area contributed by atoms with Crippen LogP contribution in [-0.2, 0) is 40.5 Å². The summed E-state index contributed by atoms with van der Waals surface area (Å²) in [5.74, 6) is -2.38. The molecule has 2 heterocycles. The smallest absolute Gasteiger partial charge is 0.408 e. The molecule has 3 aromatic rings. The molecule has 2 fully saturated rings. The summed E-state index contributed by atoms with van der Waals surface area (Å²) in [7, 11) is -4.23. The van der Waals surface area contributed by atoms with E-state index in [1.54, 1.807) is 39.0 Å². The zero-order valence-electron chi connectivity index (χ0n) is 31.5. The molecule has 3 aromatic carbocycles. The van der Waals surface area contributed by atoms with Crippen LogP contribution in [0, 0.1) is 5.92 Å². The summed E-state index contributed by atoms with van der Waals surface area (Å²) in [6.45, 7) is 5.50. The molecule has 0 unspecified atom stereocenters. The van der Waals surface area contributed by atoms with Gasteiger partial charge in [-0.1, -0.05) is 97.8 Å². The van der Waals surface area contributed by atoms with Crippen LogP contribution < -0.4 is 15.4 Å². The second-order valence-electron chi connectivity index (χ2n) is 15.5. The fourth-order valence-electron chi connectivity index (χ4n) is 7.16. The van der Waals surface area contributed by atoms with Gasteiger partial charge in [-0.3, -0.25) is 14.4 Å². The Morgan fingerprint density at radius 2 is 1.58 bits per heavy atom. The molecule has 12 nitrogen and oxygen atoms in total. The van der Waals surface area contributed by atoms with Crippen molar-refractivity contribution in [3.63, 3.8) is 0 Å². The number of nitrogens with one attached hydrogen (secondary N) is 3. The van der Waals surface area contributed by atoms with Crippen LogP contribution >= 0.6 is 0 Å². The zero-order valence-corrected chi connectivity index (χ0v) is 32.3. The van der Waals surface area contributed by atoms with Crippen LogP contribution in [-0.4, -0.2) is 73.0 Å². The second-order valence-corrected chi connectivity index (χ2v) is 17.2. The van der Waals surface area contributed by atoms with Crippen molar-refractivity contribution in [1.29, 1.82) is 0 Å². The third-order valence-electron chi connectivity index (χ3n) is 10.2. The predicted octanol–water partition coefficient (Wildman–Crippen LogP) is 5.63. The van der Waals surface area contributed by atoms with Crippen molar-refractivity contribution in [2.75, 3.05) is 6.54 Å². The van der Waals surface area contributed by atoms with E-state index >= 15 is 0 Å². The lowest BCUT2D eigenvalue weighted by atomic mass is 10.0. The van der Waals surface area contributed by atoms with Crippen molar-refractivity contribution in [3.8, 4) is 11.1 Å². The summed E-state index contributed by atoms with van der Waals surface area (Å²) < 4.78 is 40.4. The van der Waals surface area contributed by atoms with Gasteiger partial charge < -0.3 is 25.0 Å². The molecule has 0 spiro atoms. The molecule has 1 aliphatic carbocycles. The van der Waals surface area contributed by atoms with Gasteiger partial charge >= 0.3 is 6.09 Å². The number of benzene rings is 3. The summed E-state index contributed by atoms with van der Waals surface area (Å²) in [6, 6.07) is 23.5. The molecule has 55 heavy (non-hydrogen) atoms. The second kappa shape index (κ2) is 16.8. The Labute approximate surface area is 323 Å². The van der Waals surface area contributed by atoms with E-state index in [4.69, 9.17) is 9.47 Å². The highest BCUT2D eigenvalue weighted by atomic mass is 32.2.